The second-order valence-electron chi connectivity index (χ2n) is 6.84. The van der Waals surface area contributed by atoms with E-state index in [4.69, 9.17) is 21.7 Å². The third-order valence-corrected chi connectivity index (χ3v) is 6.57. The van der Waals surface area contributed by atoms with E-state index in [1.165, 1.54) is 19.2 Å². The largest absolute Gasteiger partial charge is 0.497 e. The van der Waals surface area contributed by atoms with Crippen LogP contribution in [0.4, 0.5) is 11.4 Å². The molecule has 0 unspecified atom stereocenters. The van der Waals surface area contributed by atoms with E-state index in [2.05, 4.69) is 31.3 Å². The average molecular weight is 564 g/mol. The number of hydrogen-bond donors (Lipinski definition) is 3. The van der Waals surface area contributed by atoms with Crippen molar-refractivity contribution in [3.05, 3.63) is 76.8 Å². The molecule has 0 aliphatic rings. The molecule has 0 heterocycles. The van der Waals surface area contributed by atoms with Gasteiger partial charge >= 0.3 is 0 Å². The Hall–Kier alpha value is -3.15. The number of halogens is 1. The molecular weight excluding hydrogens is 542 g/mol. The maximum Gasteiger partial charge on any atom is 0.261 e. The molecule has 0 saturated heterocycles. The summed E-state index contributed by atoms with van der Waals surface area (Å²) < 4.78 is 39.1. The second kappa shape index (κ2) is 11.3. The molecule has 3 rings (SSSR count). The lowest BCUT2D eigenvalue weighted by Gasteiger charge is -2.13. The van der Waals surface area contributed by atoms with Gasteiger partial charge in [0.15, 0.2) is 5.11 Å². The number of carbonyl (C=O) groups excluding carboxylic acids is 1. The molecule has 0 aliphatic carbocycles. The summed E-state index contributed by atoms with van der Waals surface area (Å²) >= 11 is 8.57. The highest BCUT2D eigenvalue weighted by Gasteiger charge is 2.16. The third kappa shape index (κ3) is 6.69. The molecule has 0 aromatic heterocycles. The first-order chi connectivity index (χ1) is 16.2. The number of rotatable bonds is 8. The van der Waals surface area contributed by atoms with E-state index >= 15 is 0 Å². The maximum absolute atomic E-state index is 12.7. The van der Waals surface area contributed by atoms with Gasteiger partial charge in [-0.15, -0.1) is 0 Å². The summed E-state index contributed by atoms with van der Waals surface area (Å²) in [5, 5.41) is 5.52. The van der Waals surface area contributed by atoms with Crippen molar-refractivity contribution in [1.29, 1.82) is 0 Å². The zero-order chi connectivity index (χ0) is 24.7. The zero-order valence-electron chi connectivity index (χ0n) is 18.3. The van der Waals surface area contributed by atoms with Crippen LogP contribution >= 0.6 is 28.1 Å². The minimum absolute atomic E-state index is 0.0550. The molecular formula is C23H22BrN3O5S2. The zero-order valence-corrected chi connectivity index (χ0v) is 21.5. The van der Waals surface area contributed by atoms with Crippen molar-refractivity contribution in [2.45, 2.75) is 11.8 Å². The Labute approximate surface area is 211 Å². The molecule has 3 aromatic carbocycles. The van der Waals surface area contributed by atoms with Gasteiger partial charge < -0.3 is 14.8 Å². The average Bonchev–Trinajstić information content (AvgIpc) is 2.81. The van der Waals surface area contributed by atoms with E-state index in [9.17, 15) is 13.2 Å². The predicted octanol–water partition coefficient (Wildman–Crippen LogP) is 4.78. The van der Waals surface area contributed by atoms with E-state index < -0.39 is 15.9 Å². The lowest BCUT2D eigenvalue weighted by Crippen LogP contribution is -2.34. The number of sulfonamides is 1. The molecule has 3 N–H and O–H groups in total. The van der Waals surface area contributed by atoms with E-state index in [1.807, 2.05) is 6.92 Å². The second-order valence-corrected chi connectivity index (χ2v) is 9.85. The Balaban J connectivity index is 1.64. The number of ether oxygens (including phenoxy) is 2. The molecule has 178 valence electrons. The van der Waals surface area contributed by atoms with E-state index in [0.717, 1.165) is 4.47 Å². The highest BCUT2D eigenvalue weighted by Crippen LogP contribution is 2.24. The molecule has 0 fully saturated rings. The van der Waals surface area contributed by atoms with Crippen LogP contribution < -0.4 is 24.8 Å². The minimum Gasteiger partial charge on any atom is -0.497 e. The fraction of sp³-hybridized carbons (Fsp3) is 0.130. The maximum atomic E-state index is 12.7. The monoisotopic (exact) mass is 563 g/mol. The van der Waals surface area contributed by atoms with Crippen LogP contribution in [0.25, 0.3) is 0 Å². The van der Waals surface area contributed by atoms with Crippen molar-refractivity contribution in [3.63, 3.8) is 0 Å². The third-order valence-electron chi connectivity index (χ3n) is 4.48. The fourth-order valence-electron chi connectivity index (χ4n) is 2.88. The van der Waals surface area contributed by atoms with Gasteiger partial charge in [0.2, 0.25) is 0 Å². The molecule has 1 amide bonds. The molecule has 11 heteroatoms. The minimum atomic E-state index is -3.79. The number of methoxy groups -OCH3 is 1. The van der Waals surface area contributed by atoms with Gasteiger partial charge in [0.25, 0.3) is 15.9 Å². The van der Waals surface area contributed by atoms with Crippen LogP contribution in [0.15, 0.2) is 76.1 Å². The molecule has 8 nitrogen and oxygen atoms in total. The van der Waals surface area contributed by atoms with Crippen LogP contribution in [-0.4, -0.2) is 33.2 Å². The van der Waals surface area contributed by atoms with Crippen LogP contribution in [0.2, 0.25) is 0 Å². The van der Waals surface area contributed by atoms with Gasteiger partial charge in [0.1, 0.15) is 11.5 Å². The van der Waals surface area contributed by atoms with E-state index in [-0.39, 0.29) is 10.0 Å². The van der Waals surface area contributed by atoms with Crippen molar-refractivity contribution in [2.75, 3.05) is 23.8 Å². The molecule has 0 spiro atoms. The van der Waals surface area contributed by atoms with Gasteiger partial charge in [-0.3, -0.25) is 14.8 Å². The summed E-state index contributed by atoms with van der Waals surface area (Å²) in [4.78, 5) is 12.7. The number of hydrogen-bond acceptors (Lipinski definition) is 6. The van der Waals surface area contributed by atoms with Crippen molar-refractivity contribution in [2.24, 2.45) is 0 Å². The van der Waals surface area contributed by atoms with Crippen LogP contribution in [-0.2, 0) is 10.0 Å². The number of carbonyl (C=O) groups is 1. The van der Waals surface area contributed by atoms with Crippen LogP contribution in [0, 0.1) is 0 Å². The van der Waals surface area contributed by atoms with Gasteiger partial charge in [-0.2, -0.15) is 0 Å². The van der Waals surface area contributed by atoms with Gasteiger partial charge in [-0.1, -0.05) is 15.9 Å². The van der Waals surface area contributed by atoms with Crippen molar-refractivity contribution in [1.82, 2.24) is 5.32 Å². The number of benzene rings is 3. The summed E-state index contributed by atoms with van der Waals surface area (Å²) in [6, 6.07) is 17.6. The first-order valence-electron chi connectivity index (χ1n) is 10.0. The molecule has 34 heavy (non-hydrogen) atoms. The van der Waals surface area contributed by atoms with Crippen LogP contribution in [0.5, 0.6) is 11.5 Å². The Morgan fingerprint density at radius 1 is 1.00 bits per heavy atom. The summed E-state index contributed by atoms with van der Waals surface area (Å²) in [6.45, 7) is 2.24. The molecule has 0 aliphatic heterocycles. The summed E-state index contributed by atoms with van der Waals surface area (Å²) in [7, 11) is -2.25. The fourth-order valence-corrected chi connectivity index (χ4v) is 4.51. The molecule has 0 radical (unpaired) electrons. The molecule has 3 aromatic rings. The first-order valence-corrected chi connectivity index (χ1v) is 12.7. The molecule has 0 saturated carbocycles. The van der Waals surface area contributed by atoms with E-state index in [1.54, 1.807) is 54.6 Å². The standard InChI is InChI=1S/C23H22BrN3O5S2/c1-3-32-21-13-4-15(24)14-20(21)22(28)26-23(33)25-16-7-11-19(12-8-16)34(29,30)27-17-5-9-18(31-2)10-6-17/h4-14,27H,3H2,1-2H3,(H2,25,26,28,33). The van der Waals surface area contributed by atoms with E-state index in [0.29, 0.717) is 35.0 Å². The number of nitrogens with one attached hydrogen (secondary N) is 3. The smallest absolute Gasteiger partial charge is 0.261 e. The Bertz CT molecular complexity index is 1280. The normalized spacial score (nSPS) is 10.8. The van der Waals surface area contributed by atoms with Gasteiger partial charge in [0, 0.05) is 15.8 Å². The Morgan fingerprint density at radius 2 is 1.65 bits per heavy atom. The first kappa shape index (κ1) is 25.5. The molecule has 0 bridgehead atoms. The van der Waals surface area contributed by atoms with Crippen LogP contribution in [0.3, 0.4) is 0 Å². The summed E-state index contributed by atoms with van der Waals surface area (Å²) in [5.74, 6) is 0.616. The number of anilines is 2. The quantitative estimate of drug-likeness (QED) is 0.338. The topological polar surface area (TPSA) is 106 Å². The van der Waals surface area contributed by atoms with Gasteiger partial charge in [0.05, 0.1) is 24.2 Å². The van der Waals surface area contributed by atoms with Crippen LogP contribution in [0.1, 0.15) is 17.3 Å². The van der Waals surface area contributed by atoms with Gasteiger partial charge in [-0.05, 0) is 85.9 Å². The SMILES string of the molecule is CCOc1ccc(Br)cc1C(=O)NC(=S)Nc1ccc(S(=O)(=O)Nc2ccc(OC)cc2)cc1. The number of thiocarbonyl (C=S) groups is 1. The highest BCUT2D eigenvalue weighted by atomic mass is 79.9. The Kier molecular flexibility index (Phi) is 8.48. The lowest BCUT2D eigenvalue weighted by atomic mass is 10.2. The van der Waals surface area contributed by atoms with Crippen molar-refractivity contribution in [3.8, 4) is 11.5 Å². The van der Waals surface area contributed by atoms with Crippen molar-refractivity contribution < 1.29 is 22.7 Å². The molecule has 0 atom stereocenters. The summed E-state index contributed by atoms with van der Waals surface area (Å²) in [5.41, 5.74) is 1.24. The predicted molar refractivity (Wildman–Crippen MR) is 139 cm³/mol. The van der Waals surface area contributed by atoms with Gasteiger partial charge in [-0.25, -0.2) is 8.42 Å². The Morgan fingerprint density at radius 3 is 2.26 bits per heavy atom. The highest BCUT2D eigenvalue weighted by molar-refractivity contribution is 9.10. The summed E-state index contributed by atoms with van der Waals surface area (Å²) in [6.07, 6.45) is 0. The number of amides is 1. The lowest BCUT2D eigenvalue weighted by molar-refractivity contribution is 0.0974. The van der Waals surface area contributed by atoms with Crippen molar-refractivity contribution >= 4 is 60.6 Å².